The first-order chi connectivity index (χ1) is 20.9. The van der Waals surface area contributed by atoms with Gasteiger partial charge in [0.05, 0.1) is 25.8 Å². The molecule has 0 saturated carbocycles. The van der Waals surface area contributed by atoms with Gasteiger partial charge in [0.15, 0.2) is 23.9 Å². The van der Waals surface area contributed by atoms with E-state index in [1.165, 1.54) is 12.0 Å². The maximum absolute atomic E-state index is 13.3. The van der Waals surface area contributed by atoms with E-state index in [-0.39, 0.29) is 19.7 Å². The second-order valence-corrected chi connectivity index (χ2v) is 11.2. The molecule has 3 aromatic rings. The van der Waals surface area contributed by atoms with Gasteiger partial charge < -0.3 is 44.4 Å². The number of H-pyrrole nitrogens is 1. The molecule has 5 rings (SSSR count). The number of nitrogens with one attached hydrogen (secondary N) is 1. The normalized spacial score (nSPS) is 28.2. The molecule has 2 aromatic carbocycles. The number of fused-ring (bicyclic) bond motifs is 1. The van der Waals surface area contributed by atoms with E-state index in [2.05, 4.69) is 4.98 Å². The predicted octanol–water partition coefficient (Wildman–Crippen LogP) is 2.69. The Morgan fingerprint density at radius 1 is 1.11 bits per heavy atom. The van der Waals surface area contributed by atoms with E-state index in [4.69, 9.17) is 18.9 Å². The van der Waals surface area contributed by atoms with Crippen molar-refractivity contribution in [2.45, 2.75) is 68.9 Å². The maximum atomic E-state index is 13.3. The number of piperidine rings is 1. The Bertz CT molecular complexity index is 1450. The van der Waals surface area contributed by atoms with Crippen LogP contribution in [-0.4, -0.2) is 106 Å². The third-order valence-electron chi connectivity index (χ3n) is 8.12. The number of nitrogens with zero attached hydrogens (tertiary/aromatic N) is 1. The maximum Gasteiger partial charge on any atom is 0.401 e. The fraction of sp³-hybridized carbons (Fsp3) is 0.500. The minimum absolute atomic E-state index is 0.101. The van der Waals surface area contributed by atoms with Crippen LogP contribution in [-0.2, 0) is 20.9 Å². The van der Waals surface area contributed by atoms with Gasteiger partial charge in [-0.25, -0.2) is 4.79 Å². The molecule has 14 heteroatoms. The van der Waals surface area contributed by atoms with Crippen molar-refractivity contribution in [2.75, 3.05) is 26.7 Å². The number of alkyl halides is 3. The third-order valence-corrected chi connectivity index (χ3v) is 8.12. The molecule has 0 unspecified atom stereocenters. The van der Waals surface area contributed by atoms with Crippen molar-refractivity contribution in [3.05, 3.63) is 59.3 Å². The molecule has 240 valence electrons. The largest absolute Gasteiger partial charge is 0.493 e. The highest BCUT2D eigenvalue weighted by molar-refractivity contribution is 5.91. The number of carbonyl (C=O) groups is 1. The van der Waals surface area contributed by atoms with Crippen molar-refractivity contribution in [1.29, 1.82) is 0 Å². The predicted molar refractivity (Wildman–Crippen MR) is 149 cm³/mol. The molecule has 0 amide bonds. The number of aliphatic hydroxyl groups is 3. The van der Waals surface area contributed by atoms with Crippen LogP contribution in [0.15, 0.2) is 42.6 Å². The lowest BCUT2D eigenvalue weighted by atomic mass is 9.87. The van der Waals surface area contributed by atoms with Crippen molar-refractivity contribution in [1.82, 2.24) is 9.88 Å². The average molecular weight is 625 g/mol. The number of carboxylic acids is 1. The first kappa shape index (κ1) is 32.0. The summed E-state index contributed by atoms with van der Waals surface area (Å²) in [6.07, 6.45) is -11.3. The highest BCUT2D eigenvalue weighted by Gasteiger charge is 2.47. The standard InChI is InChI=1S/C30H35F3N2O9/c1-15-11-21(41-2)26(18-7-9-34-22(15)18)43-20-8-10-35(14-30(31,32)33)12-19(20)17-5-3-16(4-6-17)13-42-29-25(38)23(36)24(37)27(44-29)28(39)40/h3-7,9,11,19-20,23-25,27,29,34,36-38H,8,10,12-14H2,1-2H3,(H,39,40)/t19-,20+,23-,24-,25+,27-,29-/m0/s1. The van der Waals surface area contributed by atoms with Gasteiger partial charge in [0.25, 0.3) is 0 Å². The Kier molecular flexibility index (Phi) is 9.39. The van der Waals surface area contributed by atoms with Gasteiger partial charge in [0, 0.05) is 30.6 Å². The van der Waals surface area contributed by atoms with Crippen LogP contribution >= 0.6 is 0 Å². The second kappa shape index (κ2) is 12.9. The number of rotatable bonds is 9. The Morgan fingerprint density at radius 3 is 2.50 bits per heavy atom. The van der Waals surface area contributed by atoms with E-state index >= 15 is 0 Å². The summed E-state index contributed by atoms with van der Waals surface area (Å²) < 4.78 is 62.8. The lowest BCUT2D eigenvalue weighted by Crippen LogP contribution is -2.60. The number of aryl methyl sites for hydroxylation is 1. The van der Waals surface area contributed by atoms with Crippen LogP contribution in [0.25, 0.3) is 10.9 Å². The zero-order valence-corrected chi connectivity index (χ0v) is 24.0. The molecule has 2 saturated heterocycles. The fourth-order valence-corrected chi connectivity index (χ4v) is 5.86. The molecule has 0 aliphatic carbocycles. The van der Waals surface area contributed by atoms with Gasteiger partial charge in [-0.05, 0) is 42.2 Å². The van der Waals surface area contributed by atoms with Crippen LogP contribution in [0.3, 0.4) is 0 Å². The summed E-state index contributed by atoms with van der Waals surface area (Å²) in [6, 6.07) is 10.6. The molecular formula is C30H35F3N2O9. The number of carboxylic acid groups (broad SMARTS) is 1. The summed E-state index contributed by atoms with van der Waals surface area (Å²) in [4.78, 5) is 15.9. The average Bonchev–Trinajstić information content (AvgIpc) is 3.48. The molecular weight excluding hydrogens is 589 g/mol. The minimum atomic E-state index is -4.36. The van der Waals surface area contributed by atoms with Crippen molar-refractivity contribution >= 4 is 16.9 Å². The molecule has 2 aliphatic rings. The molecule has 5 N–H and O–H groups in total. The van der Waals surface area contributed by atoms with Gasteiger partial charge in [0.1, 0.15) is 24.4 Å². The van der Waals surface area contributed by atoms with E-state index in [0.29, 0.717) is 23.5 Å². The van der Waals surface area contributed by atoms with Gasteiger partial charge in [-0.2, -0.15) is 13.2 Å². The van der Waals surface area contributed by atoms with E-state index in [0.717, 1.165) is 22.0 Å². The number of benzene rings is 2. The summed E-state index contributed by atoms with van der Waals surface area (Å²) >= 11 is 0. The first-order valence-electron chi connectivity index (χ1n) is 14.1. The lowest BCUT2D eigenvalue weighted by molar-refractivity contribution is -0.297. The number of aromatic nitrogens is 1. The molecule has 0 radical (unpaired) electrons. The summed E-state index contributed by atoms with van der Waals surface area (Å²) in [5.74, 6) is -0.923. The van der Waals surface area contributed by atoms with Crippen LogP contribution in [0.1, 0.15) is 29.0 Å². The molecule has 1 aromatic heterocycles. The molecule has 0 spiro atoms. The van der Waals surface area contributed by atoms with Gasteiger partial charge in [-0.1, -0.05) is 24.3 Å². The van der Waals surface area contributed by atoms with E-state index < -0.39 is 61.4 Å². The molecule has 2 fully saturated rings. The highest BCUT2D eigenvalue weighted by atomic mass is 19.4. The van der Waals surface area contributed by atoms with Crippen LogP contribution < -0.4 is 9.47 Å². The summed E-state index contributed by atoms with van der Waals surface area (Å²) in [7, 11) is 1.53. The van der Waals surface area contributed by atoms with Crippen molar-refractivity contribution in [3.63, 3.8) is 0 Å². The number of likely N-dealkylation sites (tertiary alicyclic amines) is 1. The molecule has 3 heterocycles. The number of aliphatic hydroxyl groups excluding tert-OH is 3. The zero-order chi connectivity index (χ0) is 31.8. The molecule has 11 nitrogen and oxygen atoms in total. The van der Waals surface area contributed by atoms with Crippen molar-refractivity contribution in [3.8, 4) is 11.5 Å². The number of aromatic amines is 1. The minimum Gasteiger partial charge on any atom is -0.493 e. The Balaban J connectivity index is 1.35. The number of aliphatic carboxylic acids is 1. The number of hydrogen-bond donors (Lipinski definition) is 5. The van der Waals surface area contributed by atoms with Gasteiger partial charge in [0.2, 0.25) is 0 Å². The fourth-order valence-electron chi connectivity index (χ4n) is 5.86. The van der Waals surface area contributed by atoms with Crippen LogP contribution in [0.4, 0.5) is 13.2 Å². The molecule has 2 aliphatic heterocycles. The van der Waals surface area contributed by atoms with Crippen LogP contribution in [0.5, 0.6) is 11.5 Å². The third kappa shape index (κ3) is 6.80. The van der Waals surface area contributed by atoms with Gasteiger partial charge in [-0.3, -0.25) is 4.90 Å². The van der Waals surface area contributed by atoms with Gasteiger partial charge >= 0.3 is 12.1 Å². The topological polar surface area (TPSA) is 154 Å². The SMILES string of the molecule is COc1cc(C)c2[nH]ccc2c1O[C@@H]1CCN(CC(F)(F)F)C[C@H]1c1ccc(CO[C@H]2O[C@H](C(=O)O)[C@@H](O)[C@H](O)[C@H]2O)cc1. The molecule has 7 atom stereocenters. The summed E-state index contributed by atoms with van der Waals surface area (Å²) in [5, 5.41) is 40.1. The van der Waals surface area contributed by atoms with Gasteiger partial charge in [-0.15, -0.1) is 0 Å². The van der Waals surface area contributed by atoms with Crippen LogP contribution in [0, 0.1) is 6.92 Å². The van der Waals surface area contributed by atoms with E-state index in [9.17, 15) is 38.4 Å². The van der Waals surface area contributed by atoms with Crippen LogP contribution in [0.2, 0.25) is 0 Å². The van der Waals surface area contributed by atoms with E-state index in [1.807, 2.05) is 19.1 Å². The summed E-state index contributed by atoms with van der Waals surface area (Å²) in [6.45, 7) is 1.04. The smallest absolute Gasteiger partial charge is 0.401 e. The number of methoxy groups -OCH3 is 1. The monoisotopic (exact) mass is 624 g/mol. The molecule has 44 heavy (non-hydrogen) atoms. The Morgan fingerprint density at radius 2 is 1.84 bits per heavy atom. The zero-order valence-electron chi connectivity index (χ0n) is 24.0. The van der Waals surface area contributed by atoms with Crippen molar-refractivity contribution in [2.24, 2.45) is 0 Å². The van der Waals surface area contributed by atoms with E-state index in [1.54, 1.807) is 30.5 Å². The number of halogens is 3. The molecule has 0 bridgehead atoms. The van der Waals surface area contributed by atoms with Crippen molar-refractivity contribution < 1.29 is 57.3 Å². The summed E-state index contributed by atoms with van der Waals surface area (Å²) in [5.41, 5.74) is 3.16. The number of hydrogen-bond acceptors (Lipinski definition) is 9. The Hall–Kier alpha value is -3.40. The first-order valence-corrected chi connectivity index (χ1v) is 14.1. The second-order valence-electron chi connectivity index (χ2n) is 11.2. The lowest BCUT2D eigenvalue weighted by Gasteiger charge is -2.39. The Labute approximate surface area is 250 Å². The quantitative estimate of drug-likeness (QED) is 0.240. The number of ether oxygens (including phenoxy) is 4. The highest BCUT2D eigenvalue weighted by Crippen LogP contribution is 2.41.